The van der Waals surface area contributed by atoms with Crippen LogP contribution in [0.1, 0.15) is 11.1 Å². The minimum atomic E-state index is 0.389. The first-order chi connectivity index (χ1) is 35.7. The molecule has 6 nitrogen and oxygen atoms in total. The van der Waals surface area contributed by atoms with Crippen LogP contribution in [0, 0.1) is 22.7 Å². The fraction of sp³-hybridized carbons (Fsp3) is 0. The summed E-state index contributed by atoms with van der Waals surface area (Å²) in [6, 6.07) is 86.5. The maximum absolute atomic E-state index is 12.4. The van der Waals surface area contributed by atoms with Gasteiger partial charge in [0.2, 0.25) is 0 Å². The smallest absolute Gasteiger partial charge is 0.104 e. The number of fused-ring (bicyclic) bond motifs is 14. The topological polar surface area (TPSA) is 67.3 Å². The van der Waals surface area contributed by atoms with Crippen molar-refractivity contribution in [2.75, 3.05) is 0 Å². The fourth-order valence-electron chi connectivity index (χ4n) is 12.2. The maximum atomic E-state index is 12.4. The first kappa shape index (κ1) is 39.8. The molecule has 0 bridgehead atoms. The van der Waals surface area contributed by atoms with E-state index >= 15 is 0 Å². The Labute approximate surface area is 412 Å². The summed E-state index contributed by atoms with van der Waals surface area (Å²) in [6.07, 6.45) is 0. The van der Waals surface area contributed by atoms with Gasteiger partial charge in [0.1, 0.15) is 23.3 Å². The predicted octanol–water partition coefficient (Wildman–Crippen LogP) is 16.6. The molecule has 0 saturated heterocycles. The van der Waals surface area contributed by atoms with Crippen molar-refractivity contribution >= 4 is 98.0 Å². The van der Waals surface area contributed by atoms with Crippen LogP contribution >= 0.6 is 0 Å². The van der Waals surface area contributed by atoms with Gasteiger partial charge >= 0.3 is 0 Å². The van der Waals surface area contributed by atoms with Crippen LogP contribution in [0.5, 0.6) is 0 Å². The van der Waals surface area contributed by atoms with Crippen molar-refractivity contribution < 1.29 is 0 Å². The van der Waals surface area contributed by atoms with Crippen molar-refractivity contribution in [2.45, 2.75) is 0 Å². The molecule has 11 aromatic carbocycles. The quantitative estimate of drug-likeness (QED) is 0.173. The van der Waals surface area contributed by atoms with E-state index in [-0.39, 0.29) is 0 Å². The van der Waals surface area contributed by atoms with Gasteiger partial charge < -0.3 is 18.3 Å². The van der Waals surface area contributed by atoms with Crippen molar-refractivity contribution in [1.29, 1.82) is 10.5 Å². The van der Waals surface area contributed by atoms with Gasteiger partial charge in [0, 0.05) is 54.3 Å². The Kier molecular flexibility index (Phi) is 8.39. The van der Waals surface area contributed by atoms with Gasteiger partial charge in [-0.2, -0.15) is 10.5 Å². The normalized spacial score (nSPS) is 11.9. The van der Waals surface area contributed by atoms with Gasteiger partial charge in [0.05, 0.1) is 61.2 Å². The van der Waals surface area contributed by atoms with Crippen molar-refractivity contribution in [2.24, 2.45) is 0 Å². The molecule has 4 heterocycles. The molecule has 0 atom stereocenters. The van der Waals surface area contributed by atoms with Crippen LogP contribution in [0.15, 0.2) is 231 Å². The zero-order chi connectivity index (χ0) is 47.6. The molecule has 0 aliphatic rings. The highest BCUT2D eigenvalue weighted by Gasteiger charge is 2.33. The van der Waals surface area contributed by atoms with Crippen molar-refractivity contribution in [1.82, 2.24) is 18.3 Å². The summed E-state index contributed by atoms with van der Waals surface area (Å²) in [7, 11) is 0. The Bertz CT molecular complexity index is 4630. The number of benzene rings is 11. The summed E-state index contributed by atoms with van der Waals surface area (Å²) in [6.45, 7) is 0. The SMILES string of the molecule is N#Cc1c(-n2c3ccccc3c3ccccc32)c(-c2ccc3ccccc3c2)c(-n2c3ccccc3c3ccccc32)c(C#N)c1-n1c2ccccc2c2c3c4ccccc4n(-c4ccccc4)c3ccc21. The largest absolute Gasteiger partial charge is 0.309 e. The van der Waals surface area contributed by atoms with Crippen LogP contribution in [-0.2, 0) is 0 Å². The molecule has 15 aromatic rings. The third kappa shape index (κ3) is 5.35. The summed E-state index contributed by atoms with van der Waals surface area (Å²) in [5, 5.41) is 35.5. The Morgan fingerprint density at radius 1 is 0.278 bits per heavy atom. The third-order valence-electron chi connectivity index (χ3n) is 15.0. The van der Waals surface area contributed by atoms with E-state index in [1.54, 1.807) is 0 Å². The predicted molar refractivity (Wildman–Crippen MR) is 296 cm³/mol. The second-order valence-corrected chi connectivity index (χ2v) is 18.6. The molecular weight excluding hydrogens is 877 g/mol. The molecule has 332 valence electrons. The van der Waals surface area contributed by atoms with Gasteiger partial charge in [-0.3, -0.25) is 0 Å². The molecule has 0 aliphatic carbocycles. The highest BCUT2D eigenvalue weighted by molar-refractivity contribution is 6.29. The van der Waals surface area contributed by atoms with E-state index in [1.165, 1.54) is 0 Å². The molecule has 0 radical (unpaired) electrons. The lowest BCUT2D eigenvalue weighted by Gasteiger charge is -2.26. The highest BCUT2D eigenvalue weighted by atomic mass is 15.1. The third-order valence-corrected chi connectivity index (χ3v) is 15.0. The van der Waals surface area contributed by atoms with E-state index < -0.39 is 0 Å². The number of hydrogen-bond acceptors (Lipinski definition) is 2. The summed E-state index contributed by atoms with van der Waals surface area (Å²) in [5.74, 6) is 0. The number of nitrogens with zero attached hydrogens (tertiary/aromatic N) is 6. The molecule has 15 rings (SSSR count). The molecule has 0 aliphatic heterocycles. The van der Waals surface area contributed by atoms with Crippen molar-refractivity contribution in [3.8, 4) is 46.0 Å². The summed E-state index contributed by atoms with van der Waals surface area (Å²) >= 11 is 0. The van der Waals surface area contributed by atoms with Crippen LogP contribution in [0.2, 0.25) is 0 Å². The summed E-state index contributed by atoms with van der Waals surface area (Å²) in [4.78, 5) is 0. The van der Waals surface area contributed by atoms with E-state index in [0.29, 0.717) is 28.2 Å². The zero-order valence-electron chi connectivity index (χ0n) is 38.6. The van der Waals surface area contributed by atoms with Gasteiger partial charge in [-0.05, 0) is 83.1 Å². The monoisotopic (exact) mass is 914 g/mol. The second kappa shape index (κ2) is 15.2. The zero-order valence-corrected chi connectivity index (χ0v) is 38.6. The van der Waals surface area contributed by atoms with E-state index in [4.69, 9.17) is 0 Å². The number of hydrogen-bond donors (Lipinski definition) is 0. The molecule has 0 amide bonds. The lowest BCUT2D eigenvalue weighted by Crippen LogP contribution is -2.14. The molecule has 4 aromatic heterocycles. The Hall–Kier alpha value is -10.1. The number of nitriles is 2. The van der Waals surface area contributed by atoms with Gasteiger partial charge in [-0.15, -0.1) is 0 Å². The summed E-state index contributed by atoms with van der Waals surface area (Å²) < 4.78 is 9.14. The highest BCUT2D eigenvalue weighted by Crippen LogP contribution is 2.50. The second-order valence-electron chi connectivity index (χ2n) is 18.6. The van der Waals surface area contributed by atoms with Gasteiger partial charge in [0.25, 0.3) is 0 Å². The molecule has 0 unspecified atom stereocenters. The van der Waals surface area contributed by atoms with Crippen molar-refractivity contribution in [3.63, 3.8) is 0 Å². The fourth-order valence-corrected chi connectivity index (χ4v) is 12.2. The van der Waals surface area contributed by atoms with E-state index in [1.807, 2.05) is 0 Å². The van der Waals surface area contributed by atoms with Crippen LogP contribution < -0.4 is 0 Å². The Morgan fingerprint density at radius 2 is 0.639 bits per heavy atom. The van der Waals surface area contributed by atoms with E-state index in [9.17, 15) is 10.5 Å². The lowest BCUT2D eigenvalue weighted by atomic mass is 9.90. The van der Waals surface area contributed by atoms with Gasteiger partial charge in [-0.25, -0.2) is 0 Å². The standard InChI is InChI=1S/C66H38N6/c67-39-51-64(72-58-33-17-11-27-50(58)63-60(72)37-36-59-62(63)49-26-10-16-32-57(49)69(59)44-20-2-1-3-21-44)52(40-68)66(71-55-30-14-8-24-47(55)48-25-9-15-31-56(48)71)61(43-35-34-41-18-4-5-19-42(41)38-43)65(51)70-53-28-12-6-22-45(53)46-23-7-13-29-54(46)70/h1-38H. The average Bonchev–Trinajstić information content (AvgIpc) is 4.17. The van der Waals surface area contributed by atoms with Crippen LogP contribution in [0.25, 0.3) is 132 Å². The molecule has 0 N–H and O–H groups in total. The number of para-hydroxylation sites is 7. The maximum Gasteiger partial charge on any atom is 0.104 e. The molecule has 0 fully saturated rings. The number of rotatable bonds is 5. The Balaban J connectivity index is 1.22. The molecule has 72 heavy (non-hydrogen) atoms. The van der Waals surface area contributed by atoms with Crippen LogP contribution in [0.3, 0.4) is 0 Å². The first-order valence-corrected chi connectivity index (χ1v) is 24.2. The van der Waals surface area contributed by atoms with Crippen LogP contribution in [0.4, 0.5) is 0 Å². The van der Waals surface area contributed by atoms with E-state index in [2.05, 4.69) is 261 Å². The first-order valence-electron chi connectivity index (χ1n) is 24.2. The minimum Gasteiger partial charge on any atom is -0.309 e. The Morgan fingerprint density at radius 3 is 1.11 bits per heavy atom. The minimum absolute atomic E-state index is 0.389. The summed E-state index contributed by atoms with van der Waals surface area (Å²) in [5.41, 5.74) is 13.2. The number of aromatic nitrogens is 4. The van der Waals surface area contributed by atoms with Gasteiger partial charge in [-0.1, -0.05) is 164 Å². The van der Waals surface area contributed by atoms with Gasteiger partial charge in [0.15, 0.2) is 0 Å². The lowest BCUT2D eigenvalue weighted by molar-refractivity contribution is 1.08. The molecule has 0 saturated carbocycles. The van der Waals surface area contributed by atoms with Crippen LogP contribution in [-0.4, -0.2) is 18.3 Å². The van der Waals surface area contributed by atoms with Crippen molar-refractivity contribution in [3.05, 3.63) is 242 Å². The molecule has 6 heteroatoms. The van der Waals surface area contributed by atoms with E-state index in [0.717, 1.165) is 115 Å². The average molecular weight is 915 g/mol. The molecule has 0 spiro atoms. The molecular formula is C66H38N6.